The Morgan fingerprint density at radius 1 is 1.17 bits per heavy atom. The number of nitrogens with zero attached hydrogens (tertiary/aromatic N) is 2. The van der Waals surface area contributed by atoms with Gasteiger partial charge in [0.25, 0.3) is 0 Å². The van der Waals surface area contributed by atoms with Crippen LogP contribution in [0.15, 0.2) is 30.3 Å². The van der Waals surface area contributed by atoms with Crippen LogP contribution in [0.4, 0.5) is 13.2 Å². The second-order valence-electron chi connectivity index (χ2n) is 4.09. The number of halogens is 3. The van der Waals surface area contributed by atoms with Gasteiger partial charge in [0.1, 0.15) is 0 Å². The van der Waals surface area contributed by atoms with Gasteiger partial charge in [-0.3, -0.25) is 0 Å². The highest BCUT2D eigenvalue weighted by atomic mass is 19.4. The van der Waals surface area contributed by atoms with E-state index in [0.29, 0.717) is 5.69 Å². The van der Waals surface area contributed by atoms with Crippen molar-refractivity contribution in [2.75, 3.05) is 0 Å². The van der Waals surface area contributed by atoms with Crippen LogP contribution in [0.3, 0.4) is 0 Å². The normalized spacial score (nSPS) is 11.8. The highest BCUT2D eigenvalue weighted by Crippen LogP contribution is 2.29. The van der Waals surface area contributed by atoms with Crippen molar-refractivity contribution in [3.63, 3.8) is 0 Å². The van der Waals surface area contributed by atoms with Crippen LogP contribution < -0.4 is 0 Å². The van der Waals surface area contributed by atoms with Gasteiger partial charge in [-0.05, 0) is 43.7 Å². The van der Waals surface area contributed by atoms with Crippen molar-refractivity contribution in [1.82, 2.24) is 9.78 Å². The molecule has 18 heavy (non-hydrogen) atoms. The minimum absolute atomic E-state index is 0.639. The zero-order valence-electron chi connectivity index (χ0n) is 10.1. The first-order valence-corrected chi connectivity index (χ1v) is 5.65. The summed E-state index contributed by atoms with van der Waals surface area (Å²) in [6, 6.07) is 6.94. The number of hydrogen-bond acceptors (Lipinski definition) is 1. The lowest BCUT2D eigenvalue weighted by Gasteiger charge is -2.08. The molecule has 1 heterocycles. The minimum Gasteiger partial charge on any atom is -0.238 e. The Balaban J connectivity index is 2.37. The predicted octanol–water partition coefficient (Wildman–Crippen LogP) is 3.76. The molecule has 0 aliphatic rings. The van der Waals surface area contributed by atoms with Crippen LogP contribution in [-0.2, 0) is 12.6 Å². The number of alkyl halides is 3. The van der Waals surface area contributed by atoms with E-state index in [1.807, 2.05) is 19.9 Å². The van der Waals surface area contributed by atoms with E-state index in [9.17, 15) is 13.2 Å². The molecule has 0 saturated heterocycles. The van der Waals surface area contributed by atoms with E-state index in [1.165, 1.54) is 12.1 Å². The number of benzene rings is 1. The van der Waals surface area contributed by atoms with E-state index in [1.54, 1.807) is 4.68 Å². The van der Waals surface area contributed by atoms with Crippen LogP contribution in [0.25, 0.3) is 5.69 Å². The summed E-state index contributed by atoms with van der Waals surface area (Å²) >= 11 is 0. The van der Waals surface area contributed by atoms with E-state index < -0.39 is 11.7 Å². The maximum absolute atomic E-state index is 12.4. The van der Waals surface area contributed by atoms with Gasteiger partial charge >= 0.3 is 6.18 Å². The molecule has 0 unspecified atom stereocenters. The third-order valence-electron chi connectivity index (χ3n) is 2.74. The maximum atomic E-state index is 12.4. The lowest BCUT2D eigenvalue weighted by Crippen LogP contribution is -2.05. The second-order valence-corrected chi connectivity index (χ2v) is 4.09. The molecule has 2 rings (SSSR count). The van der Waals surface area contributed by atoms with Gasteiger partial charge in [-0.1, -0.05) is 6.92 Å². The molecule has 5 heteroatoms. The lowest BCUT2D eigenvalue weighted by molar-refractivity contribution is -0.137. The molecule has 2 nitrogen and oxygen atoms in total. The van der Waals surface area contributed by atoms with E-state index in [0.717, 1.165) is 29.9 Å². The van der Waals surface area contributed by atoms with Gasteiger partial charge in [-0.25, -0.2) is 4.68 Å². The van der Waals surface area contributed by atoms with Gasteiger partial charge in [0, 0.05) is 5.69 Å². The highest BCUT2D eigenvalue weighted by Gasteiger charge is 2.30. The summed E-state index contributed by atoms with van der Waals surface area (Å²) in [6.07, 6.45) is -3.50. The molecule has 0 saturated carbocycles. The zero-order valence-corrected chi connectivity index (χ0v) is 10.1. The third kappa shape index (κ3) is 2.39. The van der Waals surface area contributed by atoms with Crippen LogP contribution in [0, 0.1) is 6.92 Å². The van der Waals surface area contributed by atoms with E-state index >= 15 is 0 Å². The molecule has 1 aromatic carbocycles. The average Bonchev–Trinajstić information content (AvgIpc) is 2.70. The molecular weight excluding hydrogens is 241 g/mol. The first-order valence-electron chi connectivity index (χ1n) is 5.65. The first kappa shape index (κ1) is 12.7. The van der Waals surface area contributed by atoms with E-state index in [-0.39, 0.29) is 0 Å². The maximum Gasteiger partial charge on any atom is 0.416 e. The Morgan fingerprint density at radius 2 is 1.78 bits per heavy atom. The fourth-order valence-corrected chi connectivity index (χ4v) is 1.76. The summed E-state index contributed by atoms with van der Waals surface area (Å²) in [4.78, 5) is 0. The first-order chi connectivity index (χ1) is 8.41. The molecule has 96 valence electrons. The molecule has 0 spiro atoms. The molecule has 0 fully saturated rings. The van der Waals surface area contributed by atoms with Gasteiger partial charge < -0.3 is 0 Å². The largest absolute Gasteiger partial charge is 0.416 e. The molecular formula is C13H13F3N2. The number of rotatable bonds is 2. The Hall–Kier alpha value is -1.78. The van der Waals surface area contributed by atoms with Crippen LogP contribution in [0.5, 0.6) is 0 Å². The predicted molar refractivity (Wildman–Crippen MR) is 62.7 cm³/mol. The molecule has 0 amide bonds. The SMILES string of the molecule is CCc1cc(C)n(-c2ccc(C(F)(F)F)cc2)n1. The molecule has 0 radical (unpaired) electrons. The summed E-state index contributed by atoms with van der Waals surface area (Å²) in [7, 11) is 0. The van der Waals surface area contributed by atoms with Crippen molar-refractivity contribution >= 4 is 0 Å². The zero-order chi connectivity index (χ0) is 13.3. The van der Waals surface area contributed by atoms with Gasteiger partial charge in [0.2, 0.25) is 0 Å². The summed E-state index contributed by atoms with van der Waals surface area (Å²) in [5.74, 6) is 0. The van der Waals surface area contributed by atoms with Gasteiger partial charge in [0.05, 0.1) is 16.9 Å². The van der Waals surface area contributed by atoms with Crippen LogP contribution >= 0.6 is 0 Å². The summed E-state index contributed by atoms with van der Waals surface area (Å²) in [6.45, 7) is 3.86. The smallest absolute Gasteiger partial charge is 0.238 e. The minimum atomic E-state index is -4.30. The number of hydrogen-bond donors (Lipinski definition) is 0. The van der Waals surface area contributed by atoms with Crippen molar-refractivity contribution in [2.24, 2.45) is 0 Å². The summed E-state index contributed by atoms with van der Waals surface area (Å²) in [5, 5.41) is 4.33. The molecule has 0 atom stereocenters. The van der Waals surface area contributed by atoms with Gasteiger partial charge in [0.15, 0.2) is 0 Å². The monoisotopic (exact) mass is 254 g/mol. The van der Waals surface area contributed by atoms with Crippen molar-refractivity contribution < 1.29 is 13.2 Å². The van der Waals surface area contributed by atoms with Crippen molar-refractivity contribution in [3.05, 3.63) is 47.3 Å². The van der Waals surface area contributed by atoms with Crippen molar-refractivity contribution in [1.29, 1.82) is 0 Å². The Labute approximate surface area is 103 Å². The van der Waals surface area contributed by atoms with Gasteiger partial charge in [-0.15, -0.1) is 0 Å². The summed E-state index contributed by atoms with van der Waals surface area (Å²) < 4.78 is 39.0. The highest BCUT2D eigenvalue weighted by molar-refractivity contribution is 5.36. The number of aryl methyl sites for hydroxylation is 2. The average molecular weight is 254 g/mol. The summed E-state index contributed by atoms with van der Waals surface area (Å²) in [5.41, 5.74) is 1.82. The molecule has 1 aromatic heterocycles. The van der Waals surface area contributed by atoms with Crippen molar-refractivity contribution in [2.45, 2.75) is 26.4 Å². The standard InChI is InChI=1S/C13H13F3N2/c1-3-11-8-9(2)18(17-11)12-6-4-10(5-7-12)13(14,15)16/h4-8H,3H2,1-2H3. The molecule has 0 N–H and O–H groups in total. The fourth-order valence-electron chi connectivity index (χ4n) is 1.76. The van der Waals surface area contributed by atoms with Crippen LogP contribution in [-0.4, -0.2) is 9.78 Å². The van der Waals surface area contributed by atoms with Crippen LogP contribution in [0.1, 0.15) is 23.9 Å². The van der Waals surface area contributed by atoms with E-state index in [4.69, 9.17) is 0 Å². The van der Waals surface area contributed by atoms with Gasteiger partial charge in [-0.2, -0.15) is 18.3 Å². The molecule has 0 bridgehead atoms. The van der Waals surface area contributed by atoms with Crippen molar-refractivity contribution in [3.8, 4) is 5.69 Å². The molecule has 0 aliphatic heterocycles. The Morgan fingerprint density at radius 3 is 2.22 bits per heavy atom. The topological polar surface area (TPSA) is 17.8 Å². The van der Waals surface area contributed by atoms with E-state index in [2.05, 4.69) is 5.10 Å². The van der Waals surface area contributed by atoms with Crippen LogP contribution in [0.2, 0.25) is 0 Å². The Kier molecular flexibility index (Phi) is 3.15. The molecule has 0 aliphatic carbocycles. The molecule has 2 aromatic rings. The third-order valence-corrected chi connectivity index (χ3v) is 2.74. The second kappa shape index (κ2) is 4.48. The quantitative estimate of drug-likeness (QED) is 0.797. The fraction of sp³-hybridized carbons (Fsp3) is 0.308. The Bertz CT molecular complexity index is 538. The lowest BCUT2D eigenvalue weighted by atomic mass is 10.2. The number of aromatic nitrogens is 2.